The lowest BCUT2D eigenvalue weighted by Crippen LogP contribution is -2.45. The van der Waals surface area contributed by atoms with Crippen molar-refractivity contribution in [2.24, 2.45) is 11.7 Å². The summed E-state index contributed by atoms with van der Waals surface area (Å²) in [7, 11) is 1.60. The number of piperidine rings is 1. The number of nitriles is 1. The minimum atomic E-state index is 0.293. The predicted molar refractivity (Wildman–Crippen MR) is 84.1 cm³/mol. The standard InChI is InChI=1S/C17H25N3O/c1-12(2)20-8-4-5-14(10-18)17(20)13-6-7-16(21-3)15(9-13)11-19/h6-7,9,12,14,17H,4-5,8,10,18H2,1-3H3. The first-order chi connectivity index (χ1) is 10.1. The number of nitrogens with zero attached hydrogens (tertiary/aromatic N) is 2. The fourth-order valence-electron chi connectivity index (χ4n) is 3.39. The van der Waals surface area contributed by atoms with Gasteiger partial charge in [-0.15, -0.1) is 0 Å². The molecule has 2 unspecified atom stereocenters. The molecule has 2 atom stereocenters. The highest BCUT2D eigenvalue weighted by Gasteiger charge is 2.33. The van der Waals surface area contributed by atoms with E-state index in [1.165, 1.54) is 12.0 Å². The summed E-state index contributed by atoms with van der Waals surface area (Å²) < 4.78 is 5.25. The van der Waals surface area contributed by atoms with Gasteiger partial charge in [0.1, 0.15) is 11.8 Å². The molecule has 2 rings (SSSR count). The van der Waals surface area contributed by atoms with Crippen LogP contribution in [-0.2, 0) is 0 Å². The van der Waals surface area contributed by atoms with Crippen molar-refractivity contribution in [3.8, 4) is 11.8 Å². The average molecular weight is 287 g/mol. The largest absolute Gasteiger partial charge is 0.495 e. The van der Waals surface area contributed by atoms with Gasteiger partial charge in [-0.2, -0.15) is 5.26 Å². The molecular formula is C17H25N3O. The Bertz CT molecular complexity index is 521. The van der Waals surface area contributed by atoms with Crippen LogP contribution < -0.4 is 10.5 Å². The number of hydrogen-bond acceptors (Lipinski definition) is 4. The molecule has 1 aliphatic heterocycles. The number of rotatable bonds is 4. The SMILES string of the molecule is COc1ccc(C2C(CN)CCCN2C(C)C)cc1C#N. The molecule has 21 heavy (non-hydrogen) atoms. The van der Waals surface area contributed by atoms with Crippen LogP contribution >= 0.6 is 0 Å². The quantitative estimate of drug-likeness (QED) is 0.925. The maximum atomic E-state index is 9.30. The fourth-order valence-corrected chi connectivity index (χ4v) is 3.39. The van der Waals surface area contributed by atoms with Crippen LogP contribution in [0.1, 0.15) is 43.9 Å². The highest BCUT2D eigenvalue weighted by atomic mass is 16.5. The van der Waals surface area contributed by atoms with Crippen LogP contribution in [0, 0.1) is 17.2 Å². The maximum absolute atomic E-state index is 9.30. The van der Waals surface area contributed by atoms with E-state index in [4.69, 9.17) is 10.5 Å². The second-order valence-corrected chi connectivity index (χ2v) is 5.99. The zero-order chi connectivity index (χ0) is 15.4. The summed E-state index contributed by atoms with van der Waals surface area (Å²) in [5.41, 5.74) is 7.78. The third kappa shape index (κ3) is 3.20. The van der Waals surface area contributed by atoms with Gasteiger partial charge in [0.25, 0.3) is 0 Å². The molecule has 0 amide bonds. The van der Waals surface area contributed by atoms with Crippen LogP contribution in [0.25, 0.3) is 0 Å². The van der Waals surface area contributed by atoms with E-state index in [2.05, 4.69) is 30.9 Å². The van der Waals surface area contributed by atoms with Crippen LogP contribution in [0.2, 0.25) is 0 Å². The van der Waals surface area contributed by atoms with Crippen molar-refractivity contribution in [3.63, 3.8) is 0 Å². The summed E-state index contributed by atoms with van der Waals surface area (Å²) in [5.74, 6) is 1.08. The van der Waals surface area contributed by atoms with Crippen molar-refractivity contribution < 1.29 is 4.74 Å². The van der Waals surface area contributed by atoms with E-state index >= 15 is 0 Å². The van der Waals surface area contributed by atoms with Gasteiger partial charge in [0.15, 0.2) is 0 Å². The van der Waals surface area contributed by atoms with Crippen molar-refractivity contribution in [1.82, 2.24) is 4.90 Å². The van der Waals surface area contributed by atoms with Gasteiger partial charge in [-0.25, -0.2) is 0 Å². The van der Waals surface area contributed by atoms with Gasteiger partial charge >= 0.3 is 0 Å². The zero-order valence-electron chi connectivity index (χ0n) is 13.2. The van der Waals surface area contributed by atoms with E-state index in [1.807, 2.05) is 12.1 Å². The topological polar surface area (TPSA) is 62.3 Å². The molecule has 0 saturated carbocycles. The smallest absolute Gasteiger partial charge is 0.136 e. The lowest BCUT2D eigenvalue weighted by Gasteiger charge is -2.43. The summed E-state index contributed by atoms with van der Waals surface area (Å²) in [6.07, 6.45) is 2.34. The minimum Gasteiger partial charge on any atom is -0.495 e. The molecule has 1 aromatic rings. The van der Waals surface area contributed by atoms with E-state index in [-0.39, 0.29) is 0 Å². The third-order valence-corrected chi connectivity index (χ3v) is 4.45. The molecule has 2 N–H and O–H groups in total. The molecule has 0 bridgehead atoms. The van der Waals surface area contributed by atoms with Crippen LogP contribution in [-0.4, -0.2) is 31.1 Å². The first kappa shape index (κ1) is 15.8. The monoisotopic (exact) mass is 287 g/mol. The van der Waals surface area contributed by atoms with Crippen molar-refractivity contribution in [1.29, 1.82) is 5.26 Å². The Kier molecular flexibility index (Phi) is 5.22. The number of ether oxygens (including phenoxy) is 1. The van der Waals surface area contributed by atoms with Crippen LogP contribution in [0.3, 0.4) is 0 Å². The number of nitrogens with two attached hydrogens (primary N) is 1. The molecule has 0 radical (unpaired) electrons. The van der Waals surface area contributed by atoms with Gasteiger partial charge in [0, 0.05) is 12.1 Å². The molecule has 4 nitrogen and oxygen atoms in total. The Balaban J connectivity index is 2.41. The Hall–Kier alpha value is -1.57. The highest BCUT2D eigenvalue weighted by molar-refractivity contribution is 5.46. The normalized spacial score (nSPS) is 23.0. The summed E-state index contributed by atoms with van der Waals surface area (Å²) in [6, 6.07) is 8.93. The number of methoxy groups -OCH3 is 1. The van der Waals surface area contributed by atoms with Gasteiger partial charge in [0.2, 0.25) is 0 Å². The van der Waals surface area contributed by atoms with Gasteiger partial charge < -0.3 is 10.5 Å². The molecule has 1 aliphatic rings. The van der Waals surface area contributed by atoms with Crippen LogP contribution in [0.4, 0.5) is 0 Å². The maximum Gasteiger partial charge on any atom is 0.136 e. The average Bonchev–Trinajstić information content (AvgIpc) is 2.53. The van der Waals surface area contributed by atoms with Gasteiger partial charge in [-0.3, -0.25) is 4.90 Å². The van der Waals surface area contributed by atoms with E-state index in [0.29, 0.717) is 35.9 Å². The Morgan fingerprint density at radius 2 is 2.24 bits per heavy atom. The molecule has 4 heteroatoms. The summed E-state index contributed by atoms with van der Waals surface area (Å²) in [6.45, 7) is 6.22. The second kappa shape index (κ2) is 6.93. The number of benzene rings is 1. The molecule has 1 aromatic carbocycles. The van der Waals surface area contributed by atoms with Crippen molar-refractivity contribution in [2.45, 2.75) is 38.8 Å². The molecular weight excluding hydrogens is 262 g/mol. The molecule has 1 fully saturated rings. The Morgan fingerprint density at radius 3 is 2.81 bits per heavy atom. The lowest BCUT2D eigenvalue weighted by molar-refractivity contribution is 0.0665. The third-order valence-electron chi connectivity index (χ3n) is 4.45. The number of likely N-dealkylation sites (tertiary alicyclic amines) is 1. The Labute approximate surface area is 127 Å². The van der Waals surface area contributed by atoms with E-state index < -0.39 is 0 Å². The lowest BCUT2D eigenvalue weighted by atomic mass is 9.83. The molecule has 0 aromatic heterocycles. The molecule has 114 valence electrons. The van der Waals surface area contributed by atoms with Gasteiger partial charge in [-0.1, -0.05) is 6.07 Å². The van der Waals surface area contributed by atoms with E-state index in [9.17, 15) is 5.26 Å². The van der Waals surface area contributed by atoms with E-state index in [1.54, 1.807) is 7.11 Å². The fraction of sp³-hybridized carbons (Fsp3) is 0.588. The molecule has 1 heterocycles. The summed E-state index contributed by atoms with van der Waals surface area (Å²) in [5, 5.41) is 9.30. The van der Waals surface area contributed by atoms with Crippen LogP contribution in [0.5, 0.6) is 5.75 Å². The van der Waals surface area contributed by atoms with Crippen molar-refractivity contribution in [3.05, 3.63) is 29.3 Å². The Morgan fingerprint density at radius 1 is 1.48 bits per heavy atom. The summed E-state index contributed by atoms with van der Waals surface area (Å²) >= 11 is 0. The molecule has 0 spiro atoms. The molecule has 0 aliphatic carbocycles. The first-order valence-electron chi connectivity index (χ1n) is 7.66. The van der Waals surface area contributed by atoms with Crippen molar-refractivity contribution >= 4 is 0 Å². The molecule has 1 saturated heterocycles. The minimum absolute atomic E-state index is 0.293. The second-order valence-electron chi connectivity index (χ2n) is 5.99. The van der Waals surface area contributed by atoms with E-state index in [0.717, 1.165) is 13.0 Å². The predicted octanol–water partition coefficient (Wildman–Crippen LogP) is 2.69. The number of hydrogen-bond donors (Lipinski definition) is 1. The first-order valence-corrected chi connectivity index (χ1v) is 7.66. The highest BCUT2D eigenvalue weighted by Crippen LogP contribution is 2.38. The summed E-state index contributed by atoms with van der Waals surface area (Å²) in [4.78, 5) is 2.50. The van der Waals surface area contributed by atoms with Gasteiger partial charge in [-0.05, 0) is 63.4 Å². The zero-order valence-corrected chi connectivity index (χ0v) is 13.2. The van der Waals surface area contributed by atoms with Gasteiger partial charge in [0.05, 0.1) is 12.7 Å². The van der Waals surface area contributed by atoms with Crippen molar-refractivity contribution in [2.75, 3.05) is 20.2 Å². The van der Waals surface area contributed by atoms with Crippen LogP contribution in [0.15, 0.2) is 18.2 Å².